The number of fused-ring (bicyclic) bond motifs is 3. The fourth-order valence-electron chi connectivity index (χ4n) is 4.75. The molecule has 0 radical (unpaired) electrons. The fourth-order valence-corrected chi connectivity index (χ4v) is 4.75. The highest BCUT2D eigenvalue weighted by molar-refractivity contribution is 5.81. The zero-order valence-electron chi connectivity index (χ0n) is 16.5. The van der Waals surface area contributed by atoms with E-state index in [9.17, 15) is 9.59 Å². The molecular weight excluding hydrogens is 366 g/mol. The van der Waals surface area contributed by atoms with Crippen molar-refractivity contribution < 1.29 is 18.8 Å². The Morgan fingerprint density at radius 2 is 1.66 bits per heavy atom. The monoisotopic (exact) mass is 394 g/mol. The van der Waals surface area contributed by atoms with Crippen LogP contribution in [0.3, 0.4) is 0 Å². The zero-order chi connectivity index (χ0) is 20.3. The molecule has 3 aliphatic rings. The summed E-state index contributed by atoms with van der Waals surface area (Å²) in [5.41, 5.74) is 7.22. The molecule has 3 fully saturated rings. The summed E-state index contributed by atoms with van der Waals surface area (Å²) in [5.74, 6) is -0.209. The van der Waals surface area contributed by atoms with Gasteiger partial charge >= 0.3 is 5.97 Å². The molecule has 1 amide bonds. The Balaban J connectivity index is 1.51. The number of benzene rings is 2. The number of hydrogen-bond acceptors (Lipinski definition) is 4. The summed E-state index contributed by atoms with van der Waals surface area (Å²) in [7, 11) is 0. The molecule has 2 bridgehead atoms. The van der Waals surface area contributed by atoms with Crippen LogP contribution in [0.25, 0.3) is 0 Å². The number of carbonyl (C=O) groups is 2. The molecule has 2 aromatic rings. The third-order valence-electron chi connectivity index (χ3n) is 6.25. The topological polar surface area (TPSA) is 81.4 Å². The predicted octanol–water partition coefficient (Wildman–Crippen LogP) is 2.48. The second-order valence-electron chi connectivity index (χ2n) is 8.26. The Labute approximate surface area is 171 Å². The van der Waals surface area contributed by atoms with E-state index in [0.29, 0.717) is 23.5 Å². The molecular formula is C23H28N3O3+. The van der Waals surface area contributed by atoms with Crippen molar-refractivity contribution in [2.45, 2.75) is 25.0 Å². The standard InChI is InChI=1S/C23H27N3O3/c24-21(27)16-26-13-11-17(12-14-26)20(15-26)29-23(28)22(18-7-3-1-4-8-18)25-19-9-5-2-6-10-19/h1-10,17,20,22,25H,11-16H2,(H-,24,27)/p+1/t17?,20-,22+,26?/m0/s1. The van der Waals surface area contributed by atoms with Gasteiger partial charge in [-0.3, -0.25) is 4.79 Å². The number of rotatable bonds is 7. The number of esters is 1. The van der Waals surface area contributed by atoms with Gasteiger partial charge in [0.2, 0.25) is 0 Å². The van der Waals surface area contributed by atoms with Gasteiger partial charge in [-0.25, -0.2) is 4.79 Å². The summed E-state index contributed by atoms with van der Waals surface area (Å²) >= 11 is 0. The number of anilines is 1. The van der Waals surface area contributed by atoms with E-state index in [1.807, 2.05) is 60.7 Å². The first-order valence-electron chi connectivity index (χ1n) is 10.3. The smallest absolute Gasteiger partial charge is 0.333 e. The molecule has 0 unspecified atom stereocenters. The van der Waals surface area contributed by atoms with Crippen LogP contribution < -0.4 is 11.1 Å². The number of nitrogens with one attached hydrogen (secondary N) is 1. The van der Waals surface area contributed by atoms with Crippen molar-refractivity contribution in [2.75, 3.05) is 31.5 Å². The molecule has 6 heteroatoms. The van der Waals surface area contributed by atoms with Crippen LogP contribution in [0, 0.1) is 5.92 Å². The van der Waals surface area contributed by atoms with Crippen molar-refractivity contribution in [3.05, 3.63) is 66.2 Å². The predicted molar refractivity (Wildman–Crippen MR) is 111 cm³/mol. The first-order chi connectivity index (χ1) is 14.0. The van der Waals surface area contributed by atoms with Crippen LogP contribution >= 0.6 is 0 Å². The average molecular weight is 394 g/mol. The van der Waals surface area contributed by atoms with Crippen LogP contribution in [0.15, 0.2) is 60.7 Å². The second kappa shape index (κ2) is 8.25. The van der Waals surface area contributed by atoms with Crippen LogP contribution in [-0.4, -0.2) is 48.6 Å². The van der Waals surface area contributed by atoms with Crippen LogP contribution in [0.4, 0.5) is 5.69 Å². The molecule has 2 atom stereocenters. The van der Waals surface area contributed by atoms with E-state index in [4.69, 9.17) is 10.5 Å². The van der Waals surface area contributed by atoms with Crippen molar-refractivity contribution in [1.29, 1.82) is 0 Å². The van der Waals surface area contributed by atoms with Gasteiger partial charge in [-0.2, -0.15) is 0 Å². The van der Waals surface area contributed by atoms with Gasteiger partial charge < -0.3 is 20.3 Å². The van der Waals surface area contributed by atoms with Crippen molar-refractivity contribution in [3.8, 4) is 0 Å². The Morgan fingerprint density at radius 3 is 2.28 bits per heavy atom. The third kappa shape index (κ3) is 4.43. The number of amides is 1. The minimum atomic E-state index is -0.585. The summed E-state index contributed by atoms with van der Waals surface area (Å²) in [4.78, 5) is 24.8. The molecule has 0 saturated carbocycles. The number of para-hydroxylation sites is 1. The van der Waals surface area contributed by atoms with E-state index in [0.717, 1.165) is 37.2 Å². The van der Waals surface area contributed by atoms with Crippen LogP contribution in [-0.2, 0) is 14.3 Å². The van der Waals surface area contributed by atoms with Gasteiger partial charge in [0.25, 0.3) is 5.91 Å². The highest BCUT2D eigenvalue weighted by Crippen LogP contribution is 2.36. The maximum atomic E-state index is 13.2. The highest BCUT2D eigenvalue weighted by Gasteiger charge is 2.48. The summed E-state index contributed by atoms with van der Waals surface area (Å²) in [6.07, 6.45) is 1.76. The highest BCUT2D eigenvalue weighted by atomic mass is 16.5. The van der Waals surface area contributed by atoms with Crippen molar-refractivity contribution in [1.82, 2.24) is 0 Å². The zero-order valence-corrected chi connectivity index (χ0v) is 16.5. The van der Waals surface area contributed by atoms with Gasteiger partial charge in [-0.15, -0.1) is 0 Å². The largest absolute Gasteiger partial charge is 0.454 e. The summed E-state index contributed by atoms with van der Waals surface area (Å²) < 4.78 is 6.70. The summed E-state index contributed by atoms with van der Waals surface area (Å²) in [6.45, 7) is 2.87. The minimum Gasteiger partial charge on any atom is -0.454 e. The van der Waals surface area contributed by atoms with Gasteiger partial charge in [0.15, 0.2) is 18.7 Å². The maximum Gasteiger partial charge on any atom is 0.333 e. The lowest BCUT2D eigenvalue weighted by Crippen LogP contribution is -2.66. The SMILES string of the molecule is NC(=O)C[N+]12CCC(CC1)[C@@H](OC(=O)[C@H](Nc1ccccc1)c1ccccc1)C2. The number of ether oxygens (including phenoxy) is 1. The van der Waals surface area contributed by atoms with Gasteiger partial charge in [-0.05, 0) is 17.7 Å². The Bertz CT molecular complexity index is 848. The number of quaternary nitrogens is 1. The van der Waals surface area contributed by atoms with Crippen molar-refractivity contribution in [2.24, 2.45) is 11.7 Å². The molecule has 2 aromatic carbocycles. The Morgan fingerprint density at radius 1 is 1.03 bits per heavy atom. The molecule has 0 aliphatic carbocycles. The van der Waals surface area contributed by atoms with E-state index in [2.05, 4.69) is 5.32 Å². The molecule has 152 valence electrons. The van der Waals surface area contributed by atoms with E-state index >= 15 is 0 Å². The molecule has 3 aliphatic heterocycles. The molecule has 5 rings (SSSR count). The number of piperidine rings is 3. The molecule has 29 heavy (non-hydrogen) atoms. The van der Waals surface area contributed by atoms with Gasteiger partial charge in [-0.1, -0.05) is 48.5 Å². The molecule has 3 heterocycles. The molecule has 3 N–H and O–H groups in total. The summed E-state index contributed by atoms with van der Waals surface area (Å²) in [5, 5.41) is 3.32. The van der Waals surface area contributed by atoms with Crippen molar-refractivity contribution >= 4 is 17.6 Å². The average Bonchev–Trinajstić information content (AvgIpc) is 2.73. The lowest BCUT2D eigenvalue weighted by Gasteiger charge is -2.51. The molecule has 3 saturated heterocycles. The minimum absolute atomic E-state index is 0.173. The quantitative estimate of drug-likeness (QED) is 0.558. The van der Waals surface area contributed by atoms with Crippen LogP contribution in [0.2, 0.25) is 0 Å². The second-order valence-corrected chi connectivity index (χ2v) is 8.26. The van der Waals surface area contributed by atoms with Crippen molar-refractivity contribution in [3.63, 3.8) is 0 Å². The summed E-state index contributed by atoms with van der Waals surface area (Å²) in [6, 6.07) is 18.7. The van der Waals surface area contributed by atoms with Crippen LogP contribution in [0.5, 0.6) is 0 Å². The first kappa shape index (κ1) is 19.5. The van der Waals surface area contributed by atoms with Gasteiger partial charge in [0.1, 0.15) is 6.54 Å². The first-order valence-corrected chi connectivity index (χ1v) is 10.3. The lowest BCUT2D eigenvalue weighted by molar-refractivity contribution is -0.939. The van der Waals surface area contributed by atoms with Gasteiger partial charge in [0, 0.05) is 24.4 Å². The molecule has 6 nitrogen and oxygen atoms in total. The number of nitrogens with two attached hydrogens (primary N) is 1. The maximum absolute atomic E-state index is 13.2. The van der Waals surface area contributed by atoms with E-state index in [1.165, 1.54) is 0 Å². The number of nitrogens with zero attached hydrogens (tertiary/aromatic N) is 1. The van der Waals surface area contributed by atoms with Gasteiger partial charge in [0.05, 0.1) is 13.1 Å². The van der Waals surface area contributed by atoms with E-state index in [1.54, 1.807) is 0 Å². The van der Waals surface area contributed by atoms with E-state index in [-0.39, 0.29) is 18.0 Å². The third-order valence-corrected chi connectivity index (χ3v) is 6.25. The van der Waals surface area contributed by atoms with Crippen LogP contribution in [0.1, 0.15) is 24.4 Å². The van der Waals surface area contributed by atoms with E-state index < -0.39 is 6.04 Å². The molecule has 0 spiro atoms. The molecule has 0 aromatic heterocycles. The number of primary amides is 1. The number of carbonyl (C=O) groups excluding carboxylic acids is 2. The normalized spacial score (nSPS) is 26.5. The Hall–Kier alpha value is -2.86. The number of hydrogen-bond donors (Lipinski definition) is 2. The fraction of sp³-hybridized carbons (Fsp3) is 0.391. The Kier molecular flexibility index (Phi) is 5.53. The lowest BCUT2D eigenvalue weighted by atomic mass is 9.83.